The fourth-order valence-corrected chi connectivity index (χ4v) is 4.55. The van der Waals surface area contributed by atoms with E-state index in [9.17, 15) is 15.2 Å². The topological polar surface area (TPSA) is 79.5 Å². The summed E-state index contributed by atoms with van der Waals surface area (Å²) < 4.78 is 1.05. The maximum atomic E-state index is 11.0. The molecule has 152 valence electrons. The van der Waals surface area contributed by atoms with Crippen molar-refractivity contribution in [1.82, 2.24) is 4.98 Å². The van der Waals surface area contributed by atoms with Gasteiger partial charge in [-0.3, -0.25) is 10.1 Å². The molecule has 0 bridgehead atoms. The summed E-state index contributed by atoms with van der Waals surface area (Å²) in [5.74, 6) is 0.153. The van der Waals surface area contributed by atoms with Crippen molar-refractivity contribution in [2.75, 3.05) is 4.90 Å². The van der Waals surface area contributed by atoms with Crippen LogP contribution in [0.5, 0.6) is 5.75 Å². The third-order valence-corrected chi connectivity index (χ3v) is 6.19. The van der Waals surface area contributed by atoms with Crippen LogP contribution in [-0.2, 0) is 6.54 Å². The number of nitro benzene ring substituents is 1. The molecule has 1 heterocycles. The number of non-ortho nitro benzene ring substituents is 1. The molecule has 0 aliphatic carbocycles. The molecule has 0 saturated carbocycles. The number of benzene rings is 4. The van der Waals surface area contributed by atoms with Gasteiger partial charge in [-0.2, -0.15) is 0 Å². The molecule has 0 amide bonds. The van der Waals surface area contributed by atoms with Gasteiger partial charge in [-0.05, 0) is 40.6 Å². The molecule has 0 aliphatic rings. The first-order valence-corrected chi connectivity index (χ1v) is 10.5. The predicted molar refractivity (Wildman–Crippen MR) is 124 cm³/mol. The van der Waals surface area contributed by atoms with Crippen molar-refractivity contribution in [2.45, 2.75) is 6.54 Å². The number of phenols is 1. The van der Waals surface area contributed by atoms with Crippen LogP contribution in [0.1, 0.15) is 5.56 Å². The fraction of sp³-hybridized carbons (Fsp3) is 0.0417. The molecular weight excluding hydrogens is 410 g/mol. The number of nitro groups is 1. The SMILES string of the molecule is O=[N+]([O-])c1ccc(CN(c2nc3ccccc3s2)c2cc3ccccc3cc2O)cc1. The third kappa shape index (κ3) is 3.67. The second-order valence-corrected chi connectivity index (χ2v) is 8.17. The molecule has 4 aromatic carbocycles. The van der Waals surface area contributed by atoms with Crippen molar-refractivity contribution in [2.24, 2.45) is 0 Å². The standard InChI is InChI=1S/C24H17N3O3S/c28-22-14-18-6-2-1-5-17(18)13-21(22)26(15-16-9-11-19(12-10-16)27(29)30)24-25-20-7-3-4-8-23(20)31-24/h1-14,28H,15H2. The molecule has 0 spiro atoms. The van der Waals surface area contributed by atoms with Gasteiger partial charge < -0.3 is 10.0 Å². The molecule has 0 atom stereocenters. The lowest BCUT2D eigenvalue weighted by Gasteiger charge is -2.23. The van der Waals surface area contributed by atoms with Crippen LogP contribution < -0.4 is 4.90 Å². The van der Waals surface area contributed by atoms with E-state index in [2.05, 4.69) is 0 Å². The van der Waals surface area contributed by atoms with Crippen LogP contribution in [0.15, 0.2) is 84.9 Å². The van der Waals surface area contributed by atoms with Crippen molar-refractivity contribution in [1.29, 1.82) is 0 Å². The summed E-state index contributed by atoms with van der Waals surface area (Å²) in [5.41, 5.74) is 2.44. The summed E-state index contributed by atoms with van der Waals surface area (Å²) >= 11 is 1.54. The van der Waals surface area contributed by atoms with Gasteiger partial charge in [0.05, 0.1) is 27.4 Å². The number of hydrogen-bond donors (Lipinski definition) is 1. The van der Waals surface area contributed by atoms with Gasteiger partial charge in [-0.25, -0.2) is 4.98 Å². The Bertz CT molecular complexity index is 1380. The van der Waals surface area contributed by atoms with Gasteiger partial charge in [0, 0.05) is 12.1 Å². The number of phenolic OH excluding ortho intramolecular Hbond substituents is 1. The van der Waals surface area contributed by atoms with E-state index in [0.29, 0.717) is 12.2 Å². The molecule has 31 heavy (non-hydrogen) atoms. The first kappa shape index (κ1) is 19.0. The molecular formula is C24H17N3O3S. The molecule has 0 fully saturated rings. The molecule has 1 N–H and O–H groups in total. The zero-order valence-corrected chi connectivity index (χ0v) is 17.1. The van der Waals surface area contributed by atoms with E-state index in [1.165, 1.54) is 23.5 Å². The molecule has 5 aromatic rings. The summed E-state index contributed by atoms with van der Waals surface area (Å²) in [4.78, 5) is 17.3. The predicted octanol–water partition coefficient (Wildman–Crippen LogP) is 6.40. The van der Waals surface area contributed by atoms with Crippen LogP contribution >= 0.6 is 11.3 Å². The Labute approximate surface area is 181 Å². The highest BCUT2D eigenvalue weighted by atomic mass is 32.1. The minimum Gasteiger partial charge on any atom is -0.506 e. The summed E-state index contributed by atoms with van der Waals surface area (Å²) in [5, 5.41) is 24.5. The van der Waals surface area contributed by atoms with Crippen LogP contribution in [0.4, 0.5) is 16.5 Å². The van der Waals surface area contributed by atoms with Gasteiger partial charge >= 0.3 is 0 Å². The lowest BCUT2D eigenvalue weighted by atomic mass is 10.1. The number of para-hydroxylation sites is 1. The summed E-state index contributed by atoms with van der Waals surface area (Å²) in [7, 11) is 0. The van der Waals surface area contributed by atoms with Crippen molar-refractivity contribution in [3.63, 3.8) is 0 Å². The first-order chi connectivity index (χ1) is 15.1. The van der Waals surface area contributed by atoms with Crippen LogP contribution in [0.2, 0.25) is 0 Å². The number of aromatic hydroxyl groups is 1. The van der Waals surface area contributed by atoms with Gasteiger partial charge in [0.2, 0.25) is 0 Å². The maximum Gasteiger partial charge on any atom is 0.269 e. The average molecular weight is 427 g/mol. The normalized spacial score (nSPS) is 11.1. The van der Waals surface area contributed by atoms with Gasteiger partial charge in [-0.1, -0.05) is 59.9 Å². The molecule has 6 nitrogen and oxygen atoms in total. The first-order valence-electron chi connectivity index (χ1n) is 9.67. The minimum absolute atomic E-state index is 0.0452. The van der Waals surface area contributed by atoms with Crippen LogP contribution in [0, 0.1) is 10.1 Å². The maximum absolute atomic E-state index is 11.0. The number of anilines is 2. The zero-order chi connectivity index (χ0) is 21.4. The van der Waals surface area contributed by atoms with Crippen LogP contribution in [0.25, 0.3) is 21.0 Å². The zero-order valence-electron chi connectivity index (χ0n) is 16.3. The van der Waals surface area contributed by atoms with Crippen molar-refractivity contribution in [3.05, 3.63) is 101 Å². The Morgan fingerprint density at radius 1 is 0.935 bits per heavy atom. The smallest absolute Gasteiger partial charge is 0.269 e. The van der Waals surface area contributed by atoms with Crippen molar-refractivity contribution < 1.29 is 10.0 Å². The second kappa shape index (κ2) is 7.70. The molecule has 5 rings (SSSR count). The second-order valence-electron chi connectivity index (χ2n) is 7.16. The van der Waals surface area contributed by atoms with E-state index in [4.69, 9.17) is 4.98 Å². The van der Waals surface area contributed by atoms with Crippen LogP contribution in [-0.4, -0.2) is 15.0 Å². The number of aromatic nitrogens is 1. The molecule has 1 aromatic heterocycles. The number of thiazole rings is 1. The Morgan fingerprint density at radius 2 is 1.61 bits per heavy atom. The van der Waals surface area contributed by atoms with Crippen molar-refractivity contribution >= 4 is 48.8 Å². The summed E-state index contributed by atoms with van der Waals surface area (Å²) in [6.07, 6.45) is 0. The monoisotopic (exact) mass is 427 g/mol. The van der Waals surface area contributed by atoms with E-state index in [1.807, 2.05) is 59.5 Å². The highest BCUT2D eigenvalue weighted by Crippen LogP contribution is 2.40. The van der Waals surface area contributed by atoms with Gasteiger partial charge in [0.25, 0.3) is 5.69 Å². The molecule has 0 unspecified atom stereocenters. The summed E-state index contributed by atoms with van der Waals surface area (Å²) in [6.45, 7) is 0.406. The van der Waals surface area contributed by atoms with E-state index < -0.39 is 4.92 Å². The summed E-state index contributed by atoms with van der Waals surface area (Å²) in [6, 6.07) is 25.9. The van der Waals surface area contributed by atoms with Gasteiger partial charge in [0.1, 0.15) is 5.75 Å². The number of hydrogen-bond acceptors (Lipinski definition) is 6. The van der Waals surface area contributed by atoms with Crippen LogP contribution in [0.3, 0.4) is 0 Å². The third-order valence-electron chi connectivity index (χ3n) is 5.14. The van der Waals surface area contributed by atoms with E-state index in [1.54, 1.807) is 18.2 Å². The van der Waals surface area contributed by atoms with Crippen molar-refractivity contribution in [3.8, 4) is 5.75 Å². The molecule has 0 saturated heterocycles. The average Bonchev–Trinajstić information content (AvgIpc) is 3.21. The molecule has 0 aliphatic heterocycles. The lowest BCUT2D eigenvalue weighted by molar-refractivity contribution is -0.384. The van der Waals surface area contributed by atoms with E-state index in [0.717, 1.165) is 31.7 Å². The lowest BCUT2D eigenvalue weighted by Crippen LogP contribution is -2.16. The quantitative estimate of drug-likeness (QED) is 0.259. The Hall–Kier alpha value is -3.97. The minimum atomic E-state index is -0.412. The van der Waals surface area contributed by atoms with E-state index >= 15 is 0 Å². The van der Waals surface area contributed by atoms with Gasteiger partial charge in [-0.15, -0.1) is 0 Å². The van der Waals surface area contributed by atoms with Gasteiger partial charge in [0.15, 0.2) is 5.13 Å². The Morgan fingerprint density at radius 3 is 2.32 bits per heavy atom. The number of fused-ring (bicyclic) bond motifs is 2. The Kier molecular flexibility index (Phi) is 4.72. The highest BCUT2D eigenvalue weighted by molar-refractivity contribution is 7.22. The van der Waals surface area contributed by atoms with E-state index in [-0.39, 0.29) is 11.4 Å². The Balaban J connectivity index is 1.63. The number of nitrogens with zero attached hydrogens (tertiary/aromatic N) is 3. The number of rotatable bonds is 5. The highest BCUT2D eigenvalue weighted by Gasteiger charge is 2.19. The molecule has 0 radical (unpaired) electrons. The largest absolute Gasteiger partial charge is 0.506 e. The molecule has 7 heteroatoms. The fourth-order valence-electron chi connectivity index (χ4n) is 3.57.